The number of hydrogen-bond acceptors (Lipinski definition) is 2. The molecule has 0 bridgehead atoms. The molecule has 0 N–H and O–H groups in total. The molecule has 0 unspecified atom stereocenters. The van der Waals surface area contributed by atoms with Crippen molar-refractivity contribution >= 4 is 0 Å². The van der Waals surface area contributed by atoms with Crippen molar-refractivity contribution in [2.24, 2.45) is 0 Å². The van der Waals surface area contributed by atoms with E-state index in [2.05, 4.69) is 9.80 Å². The lowest BCUT2D eigenvalue weighted by Gasteiger charge is -2.41. The fourth-order valence-electron chi connectivity index (χ4n) is 4.70. The molecule has 20 heavy (non-hydrogen) atoms. The fourth-order valence-corrected chi connectivity index (χ4v) is 4.70. The fraction of sp³-hybridized carbons (Fsp3) is 1.00. The normalized spacial score (nSPS) is 30.0. The molecule has 1 aliphatic carbocycles. The van der Waals surface area contributed by atoms with Crippen molar-refractivity contribution < 1.29 is 0 Å². The third-order valence-corrected chi connectivity index (χ3v) is 6.00. The Bertz CT molecular complexity index is 227. The zero-order valence-electron chi connectivity index (χ0n) is 13.4. The molecule has 0 atom stereocenters. The van der Waals surface area contributed by atoms with Gasteiger partial charge in [-0.05, 0) is 64.7 Å². The smallest absolute Gasteiger partial charge is 0.0120 e. The summed E-state index contributed by atoms with van der Waals surface area (Å²) in [5.74, 6) is 0. The summed E-state index contributed by atoms with van der Waals surface area (Å²) in [4.78, 5) is 5.68. The van der Waals surface area contributed by atoms with Gasteiger partial charge in [0, 0.05) is 12.1 Å². The molecule has 3 fully saturated rings. The highest BCUT2D eigenvalue weighted by Gasteiger charge is 2.28. The minimum Gasteiger partial charge on any atom is -0.300 e. The Morgan fingerprint density at radius 1 is 0.400 bits per heavy atom. The van der Waals surface area contributed by atoms with Gasteiger partial charge in [0.15, 0.2) is 0 Å². The first kappa shape index (κ1) is 14.8. The molecular formula is C18H34N2. The zero-order valence-corrected chi connectivity index (χ0v) is 13.4. The summed E-state index contributed by atoms with van der Waals surface area (Å²) in [7, 11) is 0. The molecule has 3 aliphatic rings. The van der Waals surface area contributed by atoms with Crippen molar-refractivity contribution in [2.45, 2.75) is 89.1 Å². The SMILES string of the molecule is C1CCCC(N2CCC(N3CCCCCC3)CC2)CC1. The Morgan fingerprint density at radius 3 is 1.45 bits per heavy atom. The van der Waals surface area contributed by atoms with Crippen LogP contribution in [-0.4, -0.2) is 48.1 Å². The van der Waals surface area contributed by atoms with Crippen molar-refractivity contribution in [3.05, 3.63) is 0 Å². The van der Waals surface area contributed by atoms with Crippen LogP contribution in [0.3, 0.4) is 0 Å². The van der Waals surface area contributed by atoms with Crippen LogP contribution >= 0.6 is 0 Å². The molecular weight excluding hydrogens is 244 g/mol. The maximum Gasteiger partial charge on any atom is 0.0120 e. The van der Waals surface area contributed by atoms with E-state index < -0.39 is 0 Å². The highest BCUT2D eigenvalue weighted by Crippen LogP contribution is 2.27. The molecule has 0 amide bonds. The van der Waals surface area contributed by atoms with Crippen LogP contribution in [0.25, 0.3) is 0 Å². The lowest BCUT2D eigenvalue weighted by molar-refractivity contribution is 0.0798. The van der Waals surface area contributed by atoms with Gasteiger partial charge in [0.1, 0.15) is 0 Å². The predicted octanol–water partition coefficient (Wildman–Crippen LogP) is 4.05. The lowest BCUT2D eigenvalue weighted by Crippen LogP contribution is -2.48. The molecule has 3 rings (SSSR count). The molecule has 0 aromatic heterocycles. The maximum atomic E-state index is 2.85. The zero-order chi connectivity index (χ0) is 13.6. The average Bonchev–Trinajstić information content (AvgIpc) is 2.92. The first-order chi connectivity index (χ1) is 9.93. The molecule has 0 spiro atoms. The molecule has 2 saturated heterocycles. The van der Waals surface area contributed by atoms with Crippen molar-refractivity contribution in [1.82, 2.24) is 9.80 Å². The highest BCUT2D eigenvalue weighted by molar-refractivity contribution is 4.84. The Kier molecular flexibility index (Phi) is 5.78. The first-order valence-electron chi connectivity index (χ1n) is 9.41. The lowest BCUT2D eigenvalue weighted by atomic mass is 9.98. The summed E-state index contributed by atoms with van der Waals surface area (Å²) in [6.45, 7) is 5.53. The molecule has 0 aromatic carbocycles. The number of rotatable bonds is 2. The molecule has 116 valence electrons. The summed E-state index contributed by atoms with van der Waals surface area (Å²) in [6.07, 6.45) is 17.6. The van der Waals surface area contributed by atoms with Gasteiger partial charge in [0.05, 0.1) is 0 Å². The summed E-state index contributed by atoms with van der Waals surface area (Å²) < 4.78 is 0. The van der Waals surface area contributed by atoms with Crippen LogP contribution < -0.4 is 0 Å². The van der Waals surface area contributed by atoms with Crippen LogP contribution in [0.15, 0.2) is 0 Å². The van der Waals surface area contributed by atoms with Gasteiger partial charge in [-0.15, -0.1) is 0 Å². The quantitative estimate of drug-likeness (QED) is 0.703. The summed E-state index contributed by atoms with van der Waals surface area (Å²) in [6, 6.07) is 1.85. The summed E-state index contributed by atoms with van der Waals surface area (Å²) >= 11 is 0. The molecule has 2 nitrogen and oxygen atoms in total. The average molecular weight is 278 g/mol. The van der Waals surface area contributed by atoms with Gasteiger partial charge in [-0.1, -0.05) is 38.5 Å². The third-order valence-electron chi connectivity index (χ3n) is 6.00. The van der Waals surface area contributed by atoms with E-state index in [1.54, 1.807) is 0 Å². The monoisotopic (exact) mass is 278 g/mol. The maximum absolute atomic E-state index is 2.85. The second-order valence-electron chi connectivity index (χ2n) is 7.36. The van der Waals surface area contributed by atoms with Gasteiger partial charge >= 0.3 is 0 Å². The van der Waals surface area contributed by atoms with E-state index in [4.69, 9.17) is 0 Å². The Morgan fingerprint density at radius 2 is 0.850 bits per heavy atom. The van der Waals surface area contributed by atoms with Gasteiger partial charge in [-0.25, -0.2) is 0 Å². The molecule has 2 heteroatoms. The second-order valence-corrected chi connectivity index (χ2v) is 7.36. The van der Waals surface area contributed by atoms with E-state index in [9.17, 15) is 0 Å². The van der Waals surface area contributed by atoms with E-state index in [1.807, 2.05) is 0 Å². The minimum absolute atomic E-state index is 0.912. The van der Waals surface area contributed by atoms with Crippen LogP contribution in [0.5, 0.6) is 0 Å². The number of likely N-dealkylation sites (tertiary alicyclic amines) is 2. The van der Waals surface area contributed by atoms with Gasteiger partial charge in [-0.2, -0.15) is 0 Å². The van der Waals surface area contributed by atoms with Crippen LogP contribution in [-0.2, 0) is 0 Å². The summed E-state index contributed by atoms with van der Waals surface area (Å²) in [5.41, 5.74) is 0. The number of piperidine rings is 1. The number of hydrogen-bond donors (Lipinski definition) is 0. The van der Waals surface area contributed by atoms with Gasteiger partial charge in [-0.3, -0.25) is 0 Å². The van der Waals surface area contributed by atoms with Crippen LogP contribution in [0.2, 0.25) is 0 Å². The van der Waals surface area contributed by atoms with E-state index in [0.717, 1.165) is 12.1 Å². The summed E-state index contributed by atoms with van der Waals surface area (Å²) in [5, 5.41) is 0. The van der Waals surface area contributed by atoms with Crippen molar-refractivity contribution in [1.29, 1.82) is 0 Å². The first-order valence-corrected chi connectivity index (χ1v) is 9.41. The predicted molar refractivity (Wildman–Crippen MR) is 86.1 cm³/mol. The van der Waals surface area contributed by atoms with Gasteiger partial charge in [0.25, 0.3) is 0 Å². The van der Waals surface area contributed by atoms with Crippen molar-refractivity contribution in [3.63, 3.8) is 0 Å². The van der Waals surface area contributed by atoms with Gasteiger partial charge in [0.2, 0.25) is 0 Å². The number of nitrogens with zero attached hydrogens (tertiary/aromatic N) is 2. The second kappa shape index (κ2) is 7.79. The molecule has 1 saturated carbocycles. The third kappa shape index (κ3) is 3.98. The topological polar surface area (TPSA) is 6.48 Å². The molecule has 0 radical (unpaired) electrons. The molecule has 2 heterocycles. The van der Waals surface area contributed by atoms with E-state index in [0.29, 0.717) is 0 Å². The van der Waals surface area contributed by atoms with E-state index in [-0.39, 0.29) is 0 Å². The van der Waals surface area contributed by atoms with E-state index in [1.165, 1.54) is 103 Å². The Balaban J connectivity index is 1.45. The Labute approximate surface area is 125 Å². The van der Waals surface area contributed by atoms with Crippen molar-refractivity contribution in [3.8, 4) is 0 Å². The van der Waals surface area contributed by atoms with Crippen LogP contribution in [0.4, 0.5) is 0 Å². The van der Waals surface area contributed by atoms with Gasteiger partial charge < -0.3 is 9.80 Å². The minimum atomic E-state index is 0.912. The molecule has 0 aromatic rings. The highest BCUT2D eigenvalue weighted by atomic mass is 15.2. The van der Waals surface area contributed by atoms with E-state index >= 15 is 0 Å². The largest absolute Gasteiger partial charge is 0.300 e. The van der Waals surface area contributed by atoms with Crippen LogP contribution in [0, 0.1) is 0 Å². The standard InChI is InChI=1S/C18H34N2/c1-2-6-10-17(9-5-1)20-15-11-18(12-16-20)19-13-7-3-4-8-14-19/h17-18H,1-16H2. The van der Waals surface area contributed by atoms with Crippen molar-refractivity contribution in [2.75, 3.05) is 26.2 Å². The molecule has 2 aliphatic heterocycles. The van der Waals surface area contributed by atoms with Crippen LogP contribution in [0.1, 0.15) is 77.0 Å². The Hall–Kier alpha value is -0.0800.